The normalized spacial score (nSPS) is 13.0. The van der Waals surface area contributed by atoms with E-state index in [1.54, 1.807) is 6.07 Å². The van der Waals surface area contributed by atoms with Crippen LogP contribution in [0.1, 0.15) is 17.5 Å². The molecule has 1 unspecified atom stereocenters. The van der Waals surface area contributed by atoms with Crippen LogP contribution in [0.5, 0.6) is 0 Å². The maximum absolute atomic E-state index is 9.14. The van der Waals surface area contributed by atoms with Crippen molar-refractivity contribution in [1.82, 2.24) is 10.2 Å². The zero-order chi connectivity index (χ0) is 7.56. The van der Waals surface area contributed by atoms with Crippen molar-refractivity contribution >= 4 is 0 Å². The topological polar surface area (TPSA) is 48.9 Å². The van der Waals surface area contributed by atoms with Crippen molar-refractivity contribution in [2.75, 3.05) is 0 Å². The third-order valence-electron chi connectivity index (χ3n) is 1.25. The molecule has 1 atom stereocenters. The lowest BCUT2D eigenvalue weighted by Crippen LogP contribution is -1.91. The maximum Gasteiger partial charge on any atom is 0.116 e. The molecule has 1 aromatic heterocycles. The third kappa shape index (κ3) is 1.25. The molecular formula is C7H10N2O. The third-order valence-corrected chi connectivity index (χ3v) is 1.25. The fourth-order valence-corrected chi connectivity index (χ4v) is 0.711. The number of H-pyrrole nitrogens is 1. The standard InChI is InChI=1S/C7H10N2O/c1-3-7(10)6-4-5(2)8-9-6/h3-4,7,10H,1H2,2H3,(H,8,9). The van der Waals surface area contributed by atoms with Gasteiger partial charge in [0.1, 0.15) is 6.10 Å². The van der Waals surface area contributed by atoms with E-state index >= 15 is 0 Å². The van der Waals surface area contributed by atoms with E-state index < -0.39 is 6.10 Å². The number of aromatic amines is 1. The van der Waals surface area contributed by atoms with Crippen LogP contribution in [0.4, 0.5) is 0 Å². The number of rotatable bonds is 2. The number of hydrogen-bond donors (Lipinski definition) is 2. The summed E-state index contributed by atoms with van der Waals surface area (Å²) in [4.78, 5) is 0. The Morgan fingerprint density at radius 2 is 2.60 bits per heavy atom. The molecule has 0 fully saturated rings. The molecule has 1 heterocycles. The van der Waals surface area contributed by atoms with E-state index in [1.807, 2.05) is 6.92 Å². The summed E-state index contributed by atoms with van der Waals surface area (Å²) in [6.07, 6.45) is 0.792. The van der Waals surface area contributed by atoms with Crippen LogP contribution in [0.15, 0.2) is 18.7 Å². The number of aliphatic hydroxyl groups is 1. The number of aliphatic hydroxyl groups excluding tert-OH is 1. The molecule has 54 valence electrons. The Balaban J connectivity index is 2.84. The lowest BCUT2D eigenvalue weighted by atomic mass is 10.2. The van der Waals surface area contributed by atoms with Crippen LogP contribution >= 0.6 is 0 Å². The first-order chi connectivity index (χ1) is 4.74. The minimum absolute atomic E-state index is 0.618. The molecule has 10 heavy (non-hydrogen) atoms. The van der Waals surface area contributed by atoms with Crippen molar-refractivity contribution in [2.45, 2.75) is 13.0 Å². The van der Waals surface area contributed by atoms with Gasteiger partial charge in [-0.15, -0.1) is 6.58 Å². The fraction of sp³-hybridized carbons (Fsp3) is 0.286. The minimum Gasteiger partial charge on any atom is -0.383 e. The first-order valence-corrected chi connectivity index (χ1v) is 3.06. The molecule has 3 heteroatoms. The molecule has 0 aromatic carbocycles. The zero-order valence-electron chi connectivity index (χ0n) is 5.83. The lowest BCUT2D eigenvalue weighted by Gasteiger charge is -1.96. The van der Waals surface area contributed by atoms with Gasteiger partial charge in [-0.3, -0.25) is 5.10 Å². The van der Waals surface area contributed by atoms with Gasteiger partial charge in [0, 0.05) is 5.69 Å². The minimum atomic E-state index is -0.648. The summed E-state index contributed by atoms with van der Waals surface area (Å²) >= 11 is 0. The van der Waals surface area contributed by atoms with Crippen LogP contribution in [0.2, 0.25) is 0 Å². The van der Waals surface area contributed by atoms with Crippen molar-refractivity contribution in [3.05, 3.63) is 30.1 Å². The van der Waals surface area contributed by atoms with Gasteiger partial charge in [-0.2, -0.15) is 5.10 Å². The summed E-state index contributed by atoms with van der Waals surface area (Å²) in [6.45, 7) is 5.32. The summed E-state index contributed by atoms with van der Waals surface area (Å²) in [5, 5.41) is 15.7. The maximum atomic E-state index is 9.14. The zero-order valence-corrected chi connectivity index (χ0v) is 5.83. The van der Waals surface area contributed by atoms with Gasteiger partial charge in [0.15, 0.2) is 0 Å². The van der Waals surface area contributed by atoms with E-state index in [-0.39, 0.29) is 0 Å². The molecule has 3 nitrogen and oxygen atoms in total. The van der Waals surface area contributed by atoms with E-state index in [1.165, 1.54) is 6.08 Å². The Kier molecular flexibility index (Phi) is 1.87. The Morgan fingerprint density at radius 1 is 1.90 bits per heavy atom. The number of nitrogens with zero attached hydrogens (tertiary/aromatic N) is 1. The highest BCUT2D eigenvalue weighted by Gasteiger charge is 2.04. The second-order valence-electron chi connectivity index (χ2n) is 2.16. The molecule has 2 N–H and O–H groups in total. The highest BCUT2D eigenvalue weighted by molar-refractivity contribution is 5.12. The van der Waals surface area contributed by atoms with Crippen molar-refractivity contribution in [1.29, 1.82) is 0 Å². The summed E-state index contributed by atoms with van der Waals surface area (Å²) in [7, 11) is 0. The number of hydrogen-bond acceptors (Lipinski definition) is 2. The van der Waals surface area contributed by atoms with Gasteiger partial charge in [-0.25, -0.2) is 0 Å². The molecule has 0 saturated carbocycles. The van der Waals surface area contributed by atoms with Crippen LogP contribution in [0.25, 0.3) is 0 Å². The predicted octanol–water partition coefficient (Wildman–Crippen LogP) is 0.938. The molecule has 0 radical (unpaired) electrons. The van der Waals surface area contributed by atoms with Crippen LogP contribution < -0.4 is 0 Å². The Bertz CT molecular complexity index is 229. The molecule has 1 rings (SSSR count). The van der Waals surface area contributed by atoms with Gasteiger partial charge < -0.3 is 5.11 Å². The average molecular weight is 138 g/mol. The van der Waals surface area contributed by atoms with Crippen molar-refractivity contribution in [2.24, 2.45) is 0 Å². The van der Waals surface area contributed by atoms with Crippen molar-refractivity contribution in [3.8, 4) is 0 Å². The van der Waals surface area contributed by atoms with Gasteiger partial charge in [0.25, 0.3) is 0 Å². The van der Waals surface area contributed by atoms with E-state index in [2.05, 4.69) is 16.8 Å². The molecular weight excluding hydrogens is 128 g/mol. The molecule has 0 saturated heterocycles. The van der Waals surface area contributed by atoms with Crippen molar-refractivity contribution in [3.63, 3.8) is 0 Å². The largest absolute Gasteiger partial charge is 0.383 e. The molecule has 0 aliphatic heterocycles. The number of aryl methyl sites for hydroxylation is 1. The summed E-state index contributed by atoms with van der Waals surface area (Å²) in [6, 6.07) is 1.78. The average Bonchev–Trinajstić information content (AvgIpc) is 2.34. The second kappa shape index (κ2) is 2.66. The number of nitrogens with one attached hydrogen (secondary N) is 1. The smallest absolute Gasteiger partial charge is 0.116 e. The van der Waals surface area contributed by atoms with E-state index in [9.17, 15) is 0 Å². The van der Waals surface area contributed by atoms with Gasteiger partial charge in [0.05, 0.1) is 5.69 Å². The number of aromatic nitrogens is 2. The molecule has 1 aromatic rings. The quantitative estimate of drug-likeness (QED) is 0.597. The van der Waals surface area contributed by atoms with Crippen LogP contribution in [0, 0.1) is 6.92 Å². The Labute approximate surface area is 59.4 Å². The van der Waals surface area contributed by atoms with Crippen LogP contribution in [0.3, 0.4) is 0 Å². The molecule has 0 aliphatic carbocycles. The molecule has 0 aliphatic rings. The van der Waals surface area contributed by atoms with Crippen LogP contribution in [-0.4, -0.2) is 15.3 Å². The molecule has 0 bridgehead atoms. The first kappa shape index (κ1) is 7.02. The van der Waals surface area contributed by atoms with Crippen LogP contribution in [-0.2, 0) is 0 Å². The van der Waals surface area contributed by atoms with E-state index in [4.69, 9.17) is 5.11 Å². The predicted molar refractivity (Wildman–Crippen MR) is 38.5 cm³/mol. The fourth-order valence-electron chi connectivity index (χ4n) is 0.711. The Hall–Kier alpha value is -1.09. The highest BCUT2D eigenvalue weighted by atomic mass is 16.3. The lowest BCUT2D eigenvalue weighted by molar-refractivity contribution is 0.224. The highest BCUT2D eigenvalue weighted by Crippen LogP contribution is 2.10. The van der Waals surface area contributed by atoms with Gasteiger partial charge in [-0.05, 0) is 13.0 Å². The van der Waals surface area contributed by atoms with Gasteiger partial charge in [0.2, 0.25) is 0 Å². The Morgan fingerprint density at radius 3 is 3.00 bits per heavy atom. The van der Waals surface area contributed by atoms with Gasteiger partial charge >= 0.3 is 0 Å². The van der Waals surface area contributed by atoms with Crippen molar-refractivity contribution < 1.29 is 5.11 Å². The summed E-state index contributed by atoms with van der Waals surface area (Å²) in [5.41, 5.74) is 1.56. The van der Waals surface area contributed by atoms with E-state index in [0.717, 1.165) is 5.69 Å². The molecule has 0 amide bonds. The second-order valence-corrected chi connectivity index (χ2v) is 2.16. The van der Waals surface area contributed by atoms with Gasteiger partial charge in [-0.1, -0.05) is 6.08 Å². The SMILES string of the molecule is C=CC(O)c1cc(C)[nH]n1. The summed E-state index contributed by atoms with van der Waals surface area (Å²) < 4.78 is 0. The monoisotopic (exact) mass is 138 g/mol. The van der Waals surface area contributed by atoms with E-state index in [0.29, 0.717) is 5.69 Å². The first-order valence-electron chi connectivity index (χ1n) is 3.06. The molecule has 0 spiro atoms. The summed E-state index contributed by atoms with van der Waals surface area (Å²) in [5.74, 6) is 0.